The molecule has 0 bridgehead atoms. The van der Waals surface area contributed by atoms with Crippen molar-refractivity contribution in [3.63, 3.8) is 0 Å². The van der Waals surface area contributed by atoms with Gasteiger partial charge in [-0.25, -0.2) is 0 Å². The lowest BCUT2D eigenvalue weighted by atomic mass is 9.89. The van der Waals surface area contributed by atoms with Crippen LogP contribution in [0, 0.1) is 5.92 Å². The first-order chi connectivity index (χ1) is 11.2. The molecule has 3 rings (SSSR count). The average Bonchev–Trinajstić information content (AvgIpc) is 3.04. The number of carbonyl (C=O) groups is 1. The Morgan fingerprint density at radius 2 is 2.13 bits per heavy atom. The summed E-state index contributed by atoms with van der Waals surface area (Å²) in [5.74, 6) is -0.197. The number of rotatable bonds is 7. The number of ether oxygens (including phenoxy) is 2. The quantitative estimate of drug-likeness (QED) is 0.708. The number of esters is 1. The highest BCUT2D eigenvalue weighted by Gasteiger charge is 2.44. The van der Waals surface area contributed by atoms with Crippen molar-refractivity contribution >= 4 is 5.97 Å². The first-order valence-electron chi connectivity index (χ1n) is 8.38. The van der Waals surface area contributed by atoms with Crippen LogP contribution < -0.4 is 0 Å². The molecule has 3 atom stereocenters. The Balaban J connectivity index is 1.69. The molecule has 1 saturated heterocycles. The number of benzene rings is 1. The standard InChI is InChI=1S/C20H24O3/c1-3-16-10-7-11-17(16)12-18(19-14(2)20(21)23-19)22-13-15-8-5-4-6-9-15/h3-6,8-9,14,18-19H,1,7,10-13H2,2H3/t14-,18+,19+/m1/s1. The fourth-order valence-corrected chi connectivity index (χ4v) is 3.40. The second kappa shape index (κ2) is 7.14. The predicted molar refractivity (Wildman–Crippen MR) is 89.8 cm³/mol. The summed E-state index contributed by atoms with van der Waals surface area (Å²) in [6.07, 6.45) is 5.97. The maximum atomic E-state index is 11.5. The van der Waals surface area contributed by atoms with Gasteiger partial charge in [-0.05, 0) is 43.7 Å². The van der Waals surface area contributed by atoms with Crippen LogP contribution in [0.15, 0.2) is 54.1 Å². The van der Waals surface area contributed by atoms with Gasteiger partial charge in [-0.3, -0.25) is 4.79 Å². The monoisotopic (exact) mass is 312 g/mol. The lowest BCUT2D eigenvalue weighted by Gasteiger charge is -2.38. The molecular weight excluding hydrogens is 288 g/mol. The van der Waals surface area contributed by atoms with E-state index in [1.807, 2.05) is 31.2 Å². The zero-order valence-electron chi connectivity index (χ0n) is 13.7. The second-order valence-electron chi connectivity index (χ2n) is 6.42. The smallest absolute Gasteiger partial charge is 0.312 e. The molecule has 1 aliphatic heterocycles. The van der Waals surface area contributed by atoms with Gasteiger partial charge in [0.2, 0.25) is 0 Å². The summed E-state index contributed by atoms with van der Waals surface area (Å²) in [7, 11) is 0. The molecule has 1 aromatic rings. The molecule has 0 amide bonds. The topological polar surface area (TPSA) is 35.5 Å². The van der Waals surface area contributed by atoms with E-state index in [9.17, 15) is 4.79 Å². The molecule has 0 aromatic heterocycles. The van der Waals surface area contributed by atoms with Crippen molar-refractivity contribution in [3.05, 3.63) is 59.7 Å². The molecule has 3 nitrogen and oxygen atoms in total. The molecule has 122 valence electrons. The maximum Gasteiger partial charge on any atom is 0.312 e. The summed E-state index contributed by atoms with van der Waals surface area (Å²) in [5, 5.41) is 0. The molecule has 1 heterocycles. The van der Waals surface area contributed by atoms with Crippen molar-refractivity contribution < 1.29 is 14.3 Å². The Kier molecular flexibility index (Phi) is 4.97. The summed E-state index contributed by atoms with van der Waals surface area (Å²) in [6, 6.07) is 10.1. The molecule has 0 radical (unpaired) electrons. The zero-order valence-corrected chi connectivity index (χ0v) is 13.7. The number of cyclic esters (lactones) is 1. The first kappa shape index (κ1) is 16.0. The van der Waals surface area contributed by atoms with Crippen LogP contribution in [0.3, 0.4) is 0 Å². The van der Waals surface area contributed by atoms with Crippen LogP contribution in [0.4, 0.5) is 0 Å². The van der Waals surface area contributed by atoms with Gasteiger partial charge in [-0.1, -0.05) is 48.6 Å². The highest BCUT2D eigenvalue weighted by molar-refractivity contribution is 5.78. The molecule has 0 saturated carbocycles. The van der Waals surface area contributed by atoms with Crippen LogP contribution in [0.1, 0.15) is 38.2 Å². The van der Waals surface area contributed by atoms with Crippen molar-refractivity contribution in [2.24, 2.45) is 5.92 Å². The van der Waals surface area contributed by atoms with Crippen molar-refractivity contribution in [2.45, 2.75) is 51.4 Å². The van der Waals surface area contributed by atoms with Gasteiger partial charge in [-0.15, -0.1) is 0 Å². The molecule has 0 unspecified atom stereocenters. The van der Waals surface area contributed by atoms with E-state index in [1.54, 1.807) is 0 Å². The maximum absolute atomic E-state index is 11.5. The summed E-state index contributed by atoms with van der Waals surface area (Å²) < 4.78 is 11.5. The van der Waals surface area contributed by atoms with E-state index in [1.165, 1.54) is 17.6 Å². The molecule has 1 aliphatic carbocycles. The highest BCUT2D eigenvalue weighted by Crippen LogP contribution is 2.35. The van der Waals surface area contributed by atoms with Gasteiger partial charge in [0.05, 0.1) is 18.6 Å². The third kappa shape index (κ3) is 3.56. The lowest BCUT2D eigenvalue weighted by molar-refractivity contribution is -0.201. The second-order valence-corrected chi connectivity index (χ2v) is 6.42. The van der Waals surface area contributed by atoms with Crippen LogP contribution in [0.25, 0.3) is 0 Å². The van der Waals surface area contributed by atoms with E-state index < -0.39 is 0 Å². The van der Waals surface area contributed by atoms with Gasteiger partial charge in [0.25, 0.3) is 0 Å². The Morgan fingerprint density at radius 3 is 2.78 bits per heavy atom. The van der Waals surface area contributed by atoms with E-state index >= 15 is 0 Å². The Labute approximate surface area is 138 Å². The molecule has 1 fully saturated rings. The normalized spacial score (nSPS) is 25.0. The Bertz CT molecular complexity index is 603. The van der Waals surface area contributed by atoms with E-state index in [0.717, 1.165) is 24.8 Å². The van der Waals surface area contributed by atoms with E-state index in [4.69, 9.17) is 9.47 Å². The fourth-order valence-electron chi connectivity index (χ4n) is 3.40. The third-order valence-corrected chi connectivity index (χ3v) is 4.86. The van der Waals surface area contributed by atoms with Crippen LogP contribution >= 0.6 is 0 Å². The molecule has 3 heteroatoms. The molecule has 2 aliphatic rings. The minimum atomic E-state index is -0.134. The van der Waals surface area contributed by atoms with Gasteiger partial charge in [-0.2, -0.15) is 0 Å². The summed E-state index contributed by atoms with van der Waals surface area (Å²) in [5.41, 5.74) is 3.89. The number of hydrogen-bond acceptors (Lipinski definition) is 3. The summed E-state index contributed by atoms with van der Waals surface area (Å²) in [4.78, 5) is 11.5. The Morgan fingerprint density at radius 1 is 1.35 bits per heavy atom. The van der Waals surface area contributed by atoms with Crippen LogP contribution in [0.5, 0.6) is 0 Å². The molecule has 0 spiro atoms. The first-order valence-corrected chi connectivity index (χ1v) is 8.38. The van der Waals surface area contributed by atoms with Gasteiger partial charge >= 0.3 is 5.97 Å². The Hall–Kier alpha value is -1.87. The van der Waals surface area contributed by atoms with Gasteiger partial charge in [0.15, 0.2) is 0 Å². The minimum absolute atomic E-state index is 0.0778. The van der Waals surface area contributed by atoms with Crippen LogP contribution in [0.2, 0.25) is 0 Å². The van der Waals surface area contributed by atoms with Crippen LogP contribution in [-0.2, 0) is 20.9 Å². The largest absolute Gasteiger partial charge is 0.458 e. The highest BCUT2D eigenvalue weighted by atomic mass is 16.6. The van der Waals surface area contributed by atoms with Crippen molar-refractivity contribution in [3.8, 4) is 0 Å². The number of carbonyl (C=O) groups excluding carboxylic acids is 1. The van der Waals surface area contributed by atoms with Crippen molar-refractivity contribution in [1.29, 1.82) is 0 Å². The lowest BCUT2D eigenvalue weighted by Crippen LogP contribution is -2.51. The summed E-state index contributed by atoms with van der Waals surface area (Å²) >= 11 is 0. The van der Waals surface area contributed by atoms with Gasteiger partial charge in [0, 0.05) is 0 Å². The zero-order chi connectivity index (χ0) is 16.2. The van der Waals surface area contributed by atoms with Crippen molar-refractivity contribution in [1.82, 2.24) is 0 Å². The third-order valence-electron chi connectivity index (χ3n) is 4.86. The summed E-state index contributed by atoms with van der Waals surface area (Å²) in [6.45, 7) is 6.38. The molecule has 23 heavy (non-hydrogen) atoms. The number of allylic oxidation sites excluding steroid dienone is 2. The minimum Gasteiger partial charge on any atom is -0.458 e. The fraction of sp³-hybridized carbons (Fsp3) is 0.450. The predicted octanol–water partition coefficient (Wildman–Crippen LogP) is 4.19. The SMILES string of the molecule is C=CC1=C(C[C@H](OCc2ccccc2)[C@H]2OC(=O)[C@@H]2C)CCC1. The van der Waals surface area contributed by atoms with Crippen LogP contribution in [-0.4, -0.2) is 18.2 Å². The van der Waals surface area contributed by atoms with E-state index in [0.29, 0.717) is 6.61 Å². The number of hydrogen-bond donors (Lipinski definition) is 0. The van der Waals surface area contributed by atoms with E-state index in [-0.39, 0.29) is 24.1 Å². The van der Waals surface area contributed by atoms with Crippen molar-refractivity contribution in [2.75, 3.05) is 0 Å². The van der Waals surface area contributed by atoms with Gasteiger partial charge < -0.3 is 9.47 Å². The molecular formula is C20H24O3. The van der Waals surface area contributed by atoms with Gasteiger partial charge in [0.1, 0.15) is 6.10 Å². The average molecular weight is 312 g/mol. The molecule has 0 N–H and O–H groups in total. The molecule has 1 aromatic carbocycles. The van der Waals surface area contributed by atoms with E-state index in [2.05, 4.69) is 18.7 Å².